The minimum atomic E-state index is -0.569. The van der Waals surface area contributed by atoms with Gasteiger partial charge in [0.2, 0.25) is 0 Å². The molecule has 0 spiro atoms. The van der Waals surface area contributed by atoms with Crippen LogP contribution in [0.2, 0.25) is 0 Å². The van der Waals surface area contributed by atoms with Gasteiger partial charge >= 0.3 is 5.97 Å². The molecule has 0 radical (unpaired) electrons. The van der Waals surface area contributed by atoms with E-state index in [4.69, 9.17) is 9.47 Å². The molecule has 0 N–H and O–H groups in total. The Morgan fingerprint density at radius 3 is 2.88 bits per heavy atom. The Labute approximate surface area is 96.3 Å². The highest BCUT2D eigenvalue weighted by Gasteiger charge is 2.34. The van der Waals surface area contributed by atoms with Crippen LogP contribution < -0.4 is 0 Å². The quantitative estimate of drug-likeness (QED) is 0.651. The maximum atomic E-state index is 11.6. The van der Waals surface area contributed by atoms with Crippen molar-refractivity contribution >= 4 is 11.8 Å². The lowest BCUT2D eigenvalue weighted by atomic mass is 10.1. The van der Waals surface area contributed by atoms with Gasteiger partial charge < -0.3 is 9.47 Å². The highest BCUT2D eigenvalue weighted by atomic mass is 16.5. The topological polar surface area (TPSA) is 52.6 Å². The fourth-order valence-corrected chi connectivity index (χ4v) is 1.85. The van der Waals surface area contributed by atoms with Crippen LogP contribution in [0.1, 0.15) is 46.0 Å². The zero-order valence-electron chi connectivity index (χ0n) is 10.0. The summed E-state index contributed by atoms with van der Waals surface area (Å²) in [5, 5.41) is 0. The van der Waals surface area contributed by atoms with Crippen molar-refractivity contribution in [1.82, 2.24) is 0 Å². The summed E-state index contributed by atoms with van der Waals surface area (Å²) in [6, 6.07) is 0. The van der Waals surface area contributed by atoms with Crippen LogP contribution in [-0.4, -0.2) is 30.6 Å². The van der Waals surface area contributed by atoms with Gasteiger partial charge in [0.15, 0.2) is 5.78 Å². The summed E-state index contributed by atoms with van der Waals surface area (Å²) >= 11 is 0. The van der Waals surface area contributed by atoms with E-state index in [1.165, 1.54) is 0 Å². The van der Waals surface area contributed by atoms with Crippen LogP contribution in [0.5, 0.6) is 0 Å². The molecular weight excluding hydrogens is 208 g/mol. The molecule has 1 rings (SSSR count). The number of ketones is 1. The number of carbonyl (C=O) groups is 2. The summed E-state index contributed by atoms with van der Waals surface area (Å²) < 4.78 is 10.3. The van der Waals surface area contributed by atoms with Crippen LogP contribution in [0.25, 0.3) is 0 Å². The normalized spacial score (nSPS) is 24.8. The highest BCUT2D eigenvalue weighted by Crippen LogP contribution is 2.23. The van der Waals surface area contributed by atoms with Gasteiger partial charge in [-0.25, -0.2) is 0 Å². The van der Waals surface area contributed by atoms with Crippen molar-refractivity contribution in [1.29, 1.82) is 0 Å². The maximum absolute atomic E-state index is 11.6. The summed E-state index contributed by atoms with van der Waals surface area (Å²) in [5.74, 6) is -0.314. The first-order valence-electron chi connectivity index (χ1n) is 6.01. The molecule has 4 heteroatoms. The van der Waals surface area contributed by atoms with E-state index in [2.05, 4.69) is 6.92 Å². The largest absolute Gasteiger partial charge is 0.466 e. The first-order valence-corrected chi connectivity index (χ1v) is 6.01. The van der Waals surface area contributed by atoms with E-state index in [0.29, 0.717) is 13.0 Å². The standard InChI is InChI=1S/C12H20O4/c1-3-5-6-9-7-10(13)11(16-9)8-12(14)15-4-2/h9,11H,3-8H2,1-2H3/t9-,11+/m0/s1. The molecule has 1 fully saturated rings. The number of rotatable bonds is 6. The molecule has 1 saturated heterocycles. The van der Waals surface area contributed by atoms with E-state index in [1.54, 1.807) is 6.92 Å². The lowest BCUT2D eigenvalue weighted by Gasteiger charge is -2.11. The lowest BCUT2D eigenvalue weighted by Crippen LogP contribution is -2.21. The SMILES string of the molecule is CCCC[C@H]1CC(=O)[C@@H](CC(=O)OCC)O1. The average molecular weight is 228 g/mol. The number of hydrogen-bond acceptors (Lipinski definition) is 4. The molecule has 0 bridgehead atoms. The molecule has 0 amide bonds. The summed E-state index contributed by atoms with van der Waals surface area (Å²) in [4.78, 5) is 22.8. The van der Waals surface area contributed by atoms with Crippen LogP contribution in [0, 0.1) is 0 Å². The van der Waals surface area contributed by atoms with Gasteiger partial charge in [-0.1, -0.05) is 19.8 Å². The van der Waals surface area contributed by atoms with E-state index >= 15 is 0 Å². The van der Waals surface area contributed by atoms with Crippen LogP contribution in [-0.2, 0) is 19.1 Å². The van der Waals surface area contributed by atoms with Gasteiger partial charge in [0.05, 0.1) is 19.1 Å². The fraction of sp³-hybridized carbons (Fsp3) is 0.833. The first-order chi connectivity index (χ1) is 7.67. The van der Waals surface area contributed by atoms with Crippen molar-refractivity contribution in [3.63, 3.8) is 0 Å². The second kappa shape index (κ2) is 6.63. The Balaban J connectivity index is 2.33. The minimum absolute atomic E-state index is 0.00637. The monoisotopic (exact) mass is 228 g/mol. The average Bonchev–Trinajstić information content (AvgIpc) is 2.57. The van der Waals surface area contributed by atoms with Gasteiger partial charge in [0.1, 0.15) is 6.10 Å². The second-order valence-electron chi connectivity index (χ2n) is 4.07. The highest BCUT2D eigenvalue weighted by molar-refractivity contribution is 5.89. The van der Waals surface area contributed by atoms with Gasteiger partial charge in [-0.3, -0.25) is 9.59 Å². The van der Waals surface area contributed by atoms with E-state index in [-0.39, 0.29) is 24.3 Å². The van der Waals surface area contributed by atoms with Crippen molar-refractivity contribution in [2.75, 3.05) is 6.61 Å². The lowest BCUT2D eigenvalue weighted by molar-refractivity contribution is -0.148. The van der Waals surface area contributed by atoms with E-state index in [9.17, 15) is 9.59 Å². The van der Waals surface area contributed by atoms with Crippen molar-refractivity contribution in [2.45, 2.75) is 58.2 Å². The zero-order valence-corrected chi connectivity index (χ0v) is 10.0. The van der Waals surface area contributed by atoms with Crippen LogP contribution in [0.4, 0.5) is 0 Å². The molecular formula is C12H20O4. The third kappa shape index (κ3) is 3.93. The van der Waals surface area contributed by atoms with Gasteiger partial charge in [-0.05, 0) is 13.3 Å². The fourth-order valence-electron chi connectivity index (χ4n) is 1.85. The molecule has 92 valence electrons. The number of esters is 1. The summed E-state index contributed by atoms with van der Waals surface area (Å²) in [5.41, 5.74) is 0. The molecule has 0 aliphatic carbocycles. The van der Waals surface area contributed by atoms with Crippen LogP contribution >= 0.6 is 0 Å². The van der Waals surface area contributed by atoms with Crippen LogP contribution in [0.3, 0.4) is 0 Å². The first kappa shape index (κ1) is 13.2. The smallest absolute Gasteiger partial charge is 0.308 e. The number of hydrogen-bond donors (Lipinski definition) is 0. The molecule has 0 aromatic rings. The van der Waals surface area contributed by atoms with E-state index in [0.717, 1.165) is 19.3 Å². The molecule has 4 nitrogen and oxygen atoms in total. The minimum Gasteiger partial charge on any atom is -0.466 e. The Kier molecular flexibility index (Phi) is 5.46. The summed E-state index contributed by atoms with van der Waals surface area (Å²) in [7, 11) is 0. The Morgan fingerprint density at radius 2 is 2.25 bits per heavy atom. The van der Waals surface area contributed by atoms with Crippen molar-refractivity contribution < 1.29 is 19.1 Å². The van der Waals surface area contributed by atoms with E-state index < -0.39 is 6.10 Å². The number of ether oxygens (including phenoxy) is 2. The predicted molar refractivity (Wildman–Crippen MR) is 59.1 cm³/mol. The molecule has 1 aliphatic heterocycles. The molecule has 0 aromatic heterocycles. The van der Waals surface area contributed by atoms with Gasteiger partial charge in [-0.15, -0.1) is 0 Å². The van der Waals surface area contributed by atoms with E-state index in [1.807, 2.05) is 0 Å². The van der Waals surface area contributed by atoms with Gasteiger partial charge in [0, 0.05) is 6.42 Å². The van der Waals surface area contributed by atoms with Crippen molar-refractivity contribution in [2.24, 2.45) is 0 Å². The molecule has 1 heterocycles. The zero-order chi connectivity index (χ0) is 12.0. The van der Waals surface area contributed by atoms with Gasteiger partial charge in [-0.2, -0.15) is 0 Å². The third-order valence-electron chi connectivity index (χ3n) is 2.68. The Morgan fingerprint density at radius 1 is 1.50 bits per heavy atom. The Hall–Kier alpha value is -0.900. The number of unbranched alkanes of at least 4 members (excludes halogenated alkanes) is 1. The molecule has 0 saturated carbocycles. The van der Waals surface area contributed by atoms with Crippen molar-refractivity contribution in [3.8, 4) is 0 Å². The summed E-state index contributed by atoms with van der Waals surface area (Å²) in [6.07, 6.45) is 3.01. The molecule has 2 atom stereocenters. The molecule has 0 aromatic carbocycles. The second-order valence-corrected chi connectivity index (χ2v) is 4.07. The number of Topliss-reactive ketones (excluding diaryl/α,β-unsaturated/α-hetero) is 1. The van der Waals surface area contributed by atoms with Crippen LogP contribution in [0.15, 0.2) is 0 Å². The Bertz CT molecular complexity index is 249. The number of carbonyl (C=O) groups excluding carboxylic acids is 2. The van der Waals surface area contributed by atoms with Gasteiger partial charge in [0.25, 0.3) is 0 Å². The summed E-state index contributed by atoms with van der Waals surface area (Å²) in [6.45, 7) is 4.20. The maximum Gasteiger partial charge on any atom is 0.308 e. The molecule has 0 unspecified atom stereocenters. The predicted octanol–water partition coefficient (Wildman–Crippen LogP) is 1.86. The molecule has 1 aliphatic rings. The third-order valence-corrected chi connectivity index (χ3v) is 2.68. The molecule has 16 heavy (non-hydrogen) atoms. The van der Waals surface area contributed by atoms with Crippen molar-refractivity contribution in [3.05, 3.63) is 0 Å².